The second-order valence-electron chi connectivity index (χ2n) is 3.31. The van der Waals surface area contributed by atoms with Gasteiger partial charge in [0.25, 0.3) is 0 Å². The van der Waals surface area contributed by atoms with Crippen LogP contribution in [-0.2, 0) is 0 Å². The van der Waals surface area contributed by atoms with E-state index in [2.05, 4.69) is 12.6 Å². The van der Waals surface area contributed by atoms with Crippen molar-refractivity contribution in [2.75, 3.05) is 27.1 Å². The minimum absolute atomic E-state index is 0.000692. The van der Waals surface area contributed by atoms with E-state index in [1.165, 1.54) is 21.3 Å². The zero-order valence-corrected chi connectivity index (χ0v) is 11.0. The first kappa shape index (κ1) is 13.7. The summed E-state index contributed by atoms with van der Waals surface area (Å²) in [7, 11) is 4.56. The summed E-state index contributed by atoms with van der Waals surface area (Å²) < 4.78 is 15.5. The van der Waals surface area contributed by atoms with Crippen LogP contribution in [0.1, 0.15) is 16.8 Å². The van der Waals surface area contributed by atoms with E-state index < -0.39 is 0 Å². The van der Waals surface area contributed by atoms with Gasteiger partial charge in [-0.05, 0) is 17.9 Å². The second kappa shape index (κ2) is 6.39. The maximum atomic E-state index is 11.8. The topological polar surface area (TPSA) is 44.8 Å². The van der Waals surface area contributed by atoms with Crippen molar-refractivity contribution in [1.82, 2.24) is 0 Å². The fourth-order valence-corrected chi connectivity index (χ4v) is 1.69. The fraction of sp³-hybridized carbons (Fsp3) is 0.417. The Morgan fingerprint density at radius 3 is 2.00 bits per heavy atom. The number of carbonyl (C=O) groups excluding carboxylic acids is 1. The number of thiol groups is 1. The third-order valence-electron chi connectivity index (χ3n) is 2.33. The third-order valence-corrected chi connectivity index (χ3v) is 2.55. The predicted octanol–water partition coefficient (Wildman–Crippen LogP) is 2.21. The highest BCUT2D eigenvalue weighted by molar-refractivity contribution is 7.80. The number of benzene rings is 1. The maximum Gasteiger partial charge on any atom is 0.203 e. The van der Waals surface area contributed by atoms with Crippen molar-refractivity contribution in [2.45, 2.75) is 6.42 Å². The normalized spacial score (nSPS) is 9.88. The quantitative estimate of drug-likeness (QED) is 0.626. The summed E-state index contributed by atoms with van der Waals surface area (Å²) in [5, 5.41) is 0. The van der Waals surface area contributed by atoms with Crippen molar-refractivity contribution >= 4 is 18.4 Å². The van der Waals surface area contributed by atoms with Crippen LogP contribution >= 0.6 is 12.6 Å². The van der Waals surface area contributed by atoms with E-state index >= 15 is 0 Å². The number of ether oxygens (including phenoxy) is 3. The van der Waals surface area contributed by atoms with Crippen LogP contribution in [-0.4, -0.2) is 32.9 Å². The Kier molecular flexibility index (Phi) is 5.15. The van der Waals surface area contributed by atoms with E-state index in [4.69, 9.17) is 14.2 Å². The highest BCUT2D eigenvalue weighted by Crippen LogP contribution is 2.38. The molecule has 1 aromatic carbocycles. The largest absolute Gasteiger partial charge is 0.493 e. The van der Waals surface area contributed by atoms with Crippen LogP contribution in [0.4, 0.5) is 0 Å². The van der Waals surface area contributed by atoms with Crippen LogP contribution in [0.5, 0.6) is 17.2 Å². The van der Waals surface area contributed by atoms with E-state index in [0.29, 0.717) is 35.0 Å². The van der Waals surface area contributed by atoms with Crippen LogP contribution in [0.3, 0.4) is 0 Å². The van der Waals surface area contributed by atoms with Gasteiger partial charge in [0, 0.05) is 12.0 Å². The van der Waals surface area contributed by atoms with Crippen LogP contribution in [0.15, 0.2) is 12.1 Å². The Hall–Kier alpha value is -1.36. The van der Waals surface area contributed by atoms with Gasteiger partial charge in [-0.1, -0.05) is 0 Å². The molecule has 1 aromatic rings. The number of Topliss-reactive ketones (excluding diaryl/α,β-unsaturated/α-hetero) is 1. The van der Waals surface area contributed by atoms with Crippen molar-refractivity contribution in [1.29, 1.82) is 0 Å². The molecule has 0 saturated carbocycles. The highest BCUT2D eigenvalue weighted by Gasteiger charge is 2.16. The van der Waals surface area contributed by atoms with Gasteiger partial charge in [-0.25, -0.2) is 0 Å². The average Bonchev–Trinajstić information content (AvgIpc) is 2.37. The summed E-state index contributed by atoms with van der Waals surface area (Å²) in [5.74, 6) is 1.95. The maximum absolute atomic E-state index is 11.8. The van der Waals surface area contributed by atoms with Crippen LogP contribution in [0.25, 0.3) is 0 Å². The third kappa shape index (κ3) is 3.06. The molecule has 5 heteroatoms. The summed E-state index contributed by atoms with van der Waals surface area (Å²) >= 11 is 4.04. The SMILES string of the molecule is COc1cc(C(=O)CCS)cc(OC)c1OC. The molecule has 0 aliphatic carbocycles. The van der Waals surface area contributed by atoms with Gasteiger partial charge in [0.05, 0.1) is 21.3 Å². The average molecular weight is 256 g/mol. The van der Waals surface area contributed by atoms with Gasteiger partial charge in [-0.15, -0.1) is 0 Å². The van der Waals surface area contributed by atoms with E-state index in [1.807, 2.05) is 0 Å². The minimum atomic E-state index is -0.000692. The number of methoxy groups -OCH3 is 3. The Morgan fingerprint density at radius 2 is 1.65 bits per heavy atom. The molecule has 0 spiro atoms. The zero-order chi connectivity index (χ0) is 12.8. The number of rotatable bonds is 6. The molecular formula is C12H16O4S. The molecule has 1 rings (SSSR count). The van der Waals surface area contributed by atoms with E-state index in [9.17, 15) is 4.79 Å². The Labute approximate surface area is 106 Å². The van der Waals surface area contributed by atoms with Crippen molar-refractivity contribution in [3.63, 3.8) is 0 Å². The molecule has 0 aliphatic heterocycles. The van der Waals surface area contributed by atoms with E-state index in [1.54, 1.807) is 12.1 Å². The summed E-state index contributed by atoms with van der Waals surface area (Å²) in [6.07, 6.45) is 0.377. The number of carbonyl (C=O) groups is 1. The van der Waals surface area contributed by atoms with Gasteiger partial charge in [0.15, 0.2) is 17.3 Å². The summed E-state index contributed by atoms with van der Waals surface area (Å²) in [6, 6.07) is 3.29. The smallest absolute Gasteiger partial charge is 0.203 e. The molecule has 0 amide bonds. The molecule has 0 bridgehead atoms. The van der Waals surface area contributed by atoms with Crippen LogP contribution < -0.4 is 14.2 Å². The first-order chi connectivity index (χ1) is 8.17. The summed E-state index contributed by atoms with van der Waals surface area (Å²) in [4.78, 5) is 11.8. The Morgan fingerprint density at radius 1 is 1.12 bits per heavy atom. The zero-order valence-electron chi connectivity index (χ0n) is 10.1. The molecule has 0 aromatic heterocycles. The van der Waals surface area contributed by atoms with E-state index in [-0.39, 0.29) is 5.78 Å². The van der Waals surface area contributed by atoms with Crippen molar-refractivity contribution in [3.05, 3.63) is 17.7 Å². The molecule has 0 aliphatic rings. The standard InChI is InChI=1S/C12H16O4S/c1-14-10-6-8(9(13)4-5-17)7-11(15-2)12(10)16-3/h6-7,17H,4-5H2,1-3H3. The minimum Gasteiger partial charge on any atom is -0.493 e. The molecule has 0 heterocycles. The molecule has 0 unspecified atom stereocenters. The lowest BCUT2D eigenvalue weighted by Crippen LogP contribution is -2.03. The lowest BCUT2D eigenvalue weighted by atomic mass is 10.1. The molecule has 0 N–H and O–H groups in total. The molecule has 0 fully saturated rings. The van der Waals surface area contributed by atoms with Crippen molar-refractivity contribution < 1.29 is 19.0 Å². The fourth-order valence-electron chi connectivity index (χ4n) is 1.49. The summed E-state index contributed by atoms with van der Waals surface area (Å²) in [6.45, 7) is 0. The molecule has 17 heavy (non-hydrogen) atoms. The van der Waals surface area contributed by atoms with Gasteiger partial charge in [0.2, 0.25) is 5.75 Å². The first-order valence-corrected chi connectivity index (χ1v) is 5.75. The molecule has 0 saturated heterocycles. The molecule has 94 valence electrons. The molecule has 4 nitrogen and oxygen atoms in total. The summed E-state index contributed by atoms with van der Waals surface area (Å²) in [5.41, 5.74) is 0.536. The Bertz CT molecular complexity index is 378. The van der Waals surface area contributed by atoms with Gasteiger partial charge < -0.3 is 14.2 Å². The van der Waals surface area contributed by atoms with Gasteiger partial charge >= 0.3 is 0 Å². The van der Waals surface area contributed by atoms with E-state index in [0.717, 1.165) is 0 Å². The molecular weight excluding hydrogens is 240 g/mol. The first-order valence-electron chi connectivity index (χ1n) is 5.12. The number of ketones is 1. The Balaban J connectivity index is 3.22. The monoisotopic (exact) mass is 256 g/mol. The second-order valence-corrected chi connectivity index (χ2v) is 3.76. The van der Waals surface area contributed by atoms with Crippen molar-refractivity contribution in [3.8, 4) is 17.2 Å². The lowest BCUT2D eigenvalue weighted by molar-refractivity contribution is 0.0989. The van der Waals surface area contributed by atoms with Gasteiger partial charge in [-0.2, -0.15) is 12.6 Å². The van der Waals surface area contributed by atoms with Crippen LogP contribution in [0.2, 0.25) is 0 Å². The van der Waals surface area contributed by atoms with Crippen molar-refractivity contribution in [2.24, 2.45) is 0 Å². The predicted molar refractivity (Wildman–Crippen MR) is 68.9 cm³/mol. The van der Waals surface area contributed by atoms with Gasteiger partial charge in [0.1, 0.15) is 0 Å². The van der Waals surface area contributed by atoms with Crippen LogP contribution in [0, 0.1) is 0 Å². The lowest BCUT2D eigenvalue weighted by Gasteiger charge is -2.13. The number of hydrogen-bond acceptors (Lipinski definition) is 5. The molecule has 0 radical (unpaired) electrons. The highest BCUT2D eigenvalue weighted by atomic mass is 32.1. The number of hydrogen-bond donors (Lipinski definition) is 1. The van der Waals surface area contributed by atoms with Gasteiger partial charge in [-0.3, -0.25) is 4.79 Å². The molecule has 0 atom stereocenters.